The Morgan fingerprint density at radius 3 is 2.92 bits per heavy atom. The van der Waals surface area contributed by atoms with Crippen LogP contribution in [0.4, 0.5) is 10.8 Å². The molecule has 0 radical (unpaired) electrons. The molecule has 1 aromatic heterocycles. The molecule has 0 saturated heterocycles. The van der Waals surface area contributed by atoms with Crippen molar-refractivity contribution in [2.75, 3.05) is 29.8 Å². The summed E-state index contributed by atoms with van der Waals surface area (Å²) in [6, 6.07) is 5.52. The molecule has 1 aliphatic heterocycles. The summed E-state index contributed by atoms with van der Waals surface area (Å²) >= 11 is 1.35. The van der Waals surface area contributed by atoms with Crippen LogP contribution in [0.25, 0.3) is 0 Å². The third-order valence-electron chi connectivity index (χ3n) is 4.57. The summed E-state index contributed by atoms with van der Waals surface area (Å²) in [5.41, 5.74) is 0.634. The molecule has 0 saturated carbocycles. The van der Waals surface area contributed by atoms with Gasteiger partial charge in [0.05, 0.1) is 22.8 Å². The number of benzene rings is 1. The van der Waals surface area contributed by atoms with Gasteiger partial charge in [-0.25, -0.2) is 9.19 Å². The molecule has 25 heavy (non-hydrogen) atoms. The van der Waals surface area contributed by atoms with Crippen LogP contribution >= 0.6 is 11.3 Å². The zero-order chi connectivity index (χ0) is 18.0. The minimum Gasteiger partial charge on any atom is -0.490 e. The van der Waals surface area contributed by atoms with Crippen molar-refractivity contribution in [3.8, 4) is 5.75 Å². The van der Waals surface area contributed by atoms with Crippen LogP contribution in [0.1, 0.15) is 32.4 Å². The summed E-state index contributed by atoms with van der Waals surface area (Å²) in [4.78, 5) is 7.17. The van der Waals surface area contributed by atoms with Crippen molar-refractivity contribution in [1.29, 1.82) is 0 Å². The fraction of sp³-hybridized carbons (Fsp3) is 0.471. The van der Waals surface area contributed by atoms with E-state index in [0.717, 1.165) is 18.0 Å². The van der Waals surface area contributed by atoms with Crippen molar-refractivity contribution in [3.63, 3.8) is 0 Å². The Morgan fingerprint density at radius 2 is 2.20 bits per heavy atom. The number of nitrogens with zero attached hydrogens (tertiary/aromatic N) is 2. The molecule has 2 heterocycles. The quantitative estimate of drug-likeness (QED) is 0.804. The van der Waals surface area contributed by atoms with Crippen LogP contribution in [0.5, 0.6) is 5.75 Å². The van der Waals surface area contributed by atoms with Gasteiger partial charge in [0.15, 0.2) is 16.1 Å². The van der Waals surface area contributed by atoms with Gasteiger partial charge >= 0.3 is 0 Å². The van der Waals surface area contributed by atoms with Gasteiger partial charge in [0.1, 0.15) is 18.0 Å². The van der Waals surface area contributed by atoms with E-state index < -0.39 is 16.6 Å². The first kappa shape index (κ1) is 18.2. The van der Waals surface area contributed by atoms with Gasteiger partial charge in [-0.2, -0.15) is 0 Å². The molecule has 2 aromatic rings. The summed E-state index contributed by atoms with van der Waals surface area (Å²) in [5, 5.41) is 12.9. The number of aliphatic hydroxyl groups is 1. The Balaban J connectivity index is 1.77. The van der Waals surface area contributed by atoms with Crippen LogP contribution in [-0.2, 0) is 16.6 Å². The number of thiazole rings is 1. The van der Waals surface area contributed by atoms with Crippen LogP contribution in [0.2, 0.25) is 0 Å². The fourth-order valence-electron chi connectivity index (χ4n) is 2.73. The molecule has 3 rings (SSSR count). The topological polar surface area (TPSA) is 74.7 Å². The van der Waals surface area contributed by atoms with E-state index in [2.05, 4.69) is 14.6 Å². The smallest absolute Gasteiger partial charge is 0.195 e. The van der Waals surface area contributed by atoms with Crippen LogP contribution in [0.3, 0.4) is 0 Å². The summed E-state index contributed by atoms with van der Waals surface area (Å²) in [7, 11) is 0.560. The molecule has 0 fully saturated rings. The van der Waals surface area contributed by atoms with Crippen molar-refractivity contribution >= 4 is 33.1 Å². The van der Waals surface area contributed by atoms with Crippen LogP contribution in [0, 0.1) is 0 Å². The largest absolute Gasteiger partial charge is 0.490 e. The van der Waals surface area contributed by atoms with Gasteiger partial charge in [-0.1, -0.05) is 13.8 Å². The van der Waals surface area contributed by atoms with Gasteiger partial charge in [-0.3, -0.25) is 4.72 Å². The summed E-state index contributed by atoms with van der Waals surface area (Å²) in [6.45, 7) is 5.32. The molecule has 0 bridgehead atoms. The van der Waals surface area contributed by atoms with Crippen LogP contribution in [-0.4, -0.2) is 34.5 Å². The maximum atomic E-state index is 12.6. The molecule has 0 aliphatic carbocycles. The molecule has 136 valence electrons. The van der Waals surface area contributed by atoms with Crippen molar-refractivity contribution in [2.45, 2.75) is 37.2 Å². The lowest BCUT2D eigenvalue weighted by molar-refractivity contribution is 0.0247. The zero-order valence-corrected chi connectivity index (χ0v) is 16.2. The van der Waals surface area contributed by atoms with E-state index in [0.29, 0.717) is 35.2 Å². The van der Waals surface area contributed by atoms with Crippen molar-refractivity contribution in [2.24, 2.45) is 0 Å². The number of aromatic nitrogens is 1. The predicted octanol–water partition coefficient (Wildman–Crippen LogP) is 3.11. The van der Waals surface area contributed by atoms with Crippen molar-refractivity contribution in [3.05, 3.63) is 29.3 Å². The highest BCUT2D eigenvalue weighted by molar-refractivity contribution is 7.86. The molecule has 1 unspecified atom stereocenters. The lowest BCUT2D eigenvalue weighted by atomic mass is 9.94. The summed E-state index contributed by atoms with van der Waals surface area (Å²) < 4.78 is 21.2. The van der Waals surface area contributed by atoms with E-state index in [1.807, 2.05) is 38.4 Å². The Bertz CT molecular complexity index is 774. The van der Waals surface area contributed by atoms with Gasteiger partial charge in [-0.05, 0) is 31.0 Å². The van der Waals surface area contributed by atoms with Gasteiger partial charge in [0, 0.05) is 12.4 Å². The highest BCUT2D eigenvalue weighted by Gasteiger charge is 2.28. The van der Waals surface area contributed by atoms with E-state index in [1.54, 1.807) is 6.07 Å². The second kappa shape index (κ2) is 7.31. The molecule has 0 spiro atoms. The number of nitrogens with one attached hydrogen (secondary N) is 1. The van der Waals surface area contributed by atoms with E-state index in [1.165, 1.54) is 11.3 Å². The second-order valence-electron chi connectivity index (χ2n) is 6.05. The van der Waals surface area contributed by atoms with Crippen molar-refractivity contribution < 1.29 is 14.1 Å². The first-order valence-corrected chi connectivity index (χ1v) is 10.3. The number of ether oxygens (including phenoxy) is 1. The molecule has 1 aliphatic rings. The molecule has 6 nitrogen and oxygen atoms in total. The molecule has 0 amide bonds. The zero-order valence-electron chi connectivity index (χ0n) is 14.6. The SMILES string of the molecule is CCC(O)(CC)c1csc(NS(=O)c2ccc3c(c2)N(C)CCO3)n1. The minimum absolute atomic E-state index is 0.538. The highest BCUT2D eigenvalue weighted by atomic mass is 32.2. The van der Waals surface area contributed by atoms with Crippen LogP contribution in [0.15, 0.2) is 28.5 Å². The molecular weight excluding hydrogens is 358 g/mol. The number of fused-ring (bicyclic) bond motifs is 1. The second-order valence-corrected chi connectivity index (χ2v) is 8.12. The molecule has 2 N–H and O–H groups in total. The van der Waals surface area contributed by atoms with E-state index in [9.17, 15) is 9.32 Å². The monoisotopic (exact) mass is 381 g/mol. The van der Waals surface area contributed by atoms with E-state index in [-0.39, 0.29) is 0 Å². The standard InChI is InChI=1S/C17H23N3O3S2/c1-4-17(21,5-2)15-11-24-16(18-15)19-25(22)12-6-7-14-13(10-12)20(3)8-9-23-14/h6-7,10-11,21H,4-5,8-9H2,1-3H3,(H,18,19). The number of anilines is 2. The number of hydrogen-bond donors (Lipinski definition) is 2. The average molecular weight is 382 g/mol. The molecular formula is C17H23N3O3S2. The third kappa shape index (κ3) is 3.65. The Kier molecular flexibility index (Phi) is 5.31. The normalized spacial score (nSPS) is 15.4. The average Bonchev–Trinajstić information content (AvgIpc) is 3.10. The van der Waals surface area contributed by atoms with Gasteiger partial charge < -0.3 is 14.7 Å². The lowest BCUT2D eigenvalue weighted by Gasteiger charge is -2.27. The Hall–Kier alpha value is -1.64. The molecule has 1 atom stereocenters. The maximum Gasteiger partial charge on any atom is 0.195 e. The minimum atomic E-state index is -1.43. The third-order valence-corrected chi connectivity index (χ3v) is 6.52. The summed E-state index contributed by atoms with van der Waals surface area (Å²) in [5.74, 6) is 0.807. The van der Waals surface area contributed by atoms with Crippen LogP contribution < -0.4 is 14.4 Å². The van der Waals surface area contributed by atoms with E-state index in [4.69, 9.17) is 4.74 Å². The maximum absolute atomic E-state index is 12.6. The number of rotatable bonds is 6. The first-order chi connectivity index (χ1) is 12.0. The van der Waals surface area contributed by atoms with Gasteiger partial charge in [0.25, 0.3) is 0 Å². The van der Waals surface area contributed by atoms with Gasteiger partial charge in [-0.15, -0.1) is 11.3 Å². The van der Waals surface area contributed by atoms with Gasteiger partial charge in [0.2, 0.25) is 0 Å². The lowest BCUT2D eigenvalue weighted by Crippen LogP contribution is -2.28. The molecule has 8 heteroatoms. The Morgan fingerprint density at radius 1 is 1.44 bits per heavy atom. The fourth-order valence-corrected chi connectivity index (χ4v) is 4.53. The molecule has 1 aromatic carbocycles. The van der Waals surface area contributed by atoms with E-state index >= 15 is 0 Å². The Labute approximate surface area is 154 Å². The first-order valence-electron chi connectivity index (χ1n) is 8.31. The highest BCUT2D eigenvalue weighted by Crippen LogP contribution is 2.34. The summed E-state index contributed by atoms with van der Waals surface area (Å²) in [6.07, 6.45) is 1.18. The predicted molar refractivity (Wildman–Crippen MR) is 102 cm³/mol. The van der Waals surface area contributed by atoms with Crippen molar-refractivity contribution in [1.82, 2.24) is 4.98 Å². The number of hydrogen-bond acceptors (Lipinski definition) is 6. The number of likely N-dealkylation sites (N-methyl/N-ethyl adjacent to an activating group) is 1.